The molecule has 2 unspecified atom stereocenters. The van der Waals surface area contributed by atoms with Gasteiger partial charge in [0.05, 0.1) is 12.5 Å². The van der Waals surface area contributed by atoms with Crippen molar-refractivity contribution in [3.63, 3.8) is 0 Å². The fraction of sp³-hybridized carbons (Fsp3) is 0.833. The van der Waals surface area contributed by atoms with Crippen molar-refractivity contribution < 1.29 is 13.2 Å². The second-order valence-electron chi connectivity index (χ2n) is 5.19. The monoisotopic (exact) mass is 276 g/mol. The van der Waals surface area contributed by atoms with Gasteiger partial charge in [-0.15, -0.1) is 10.2 Å². The van der Waals surface area contributed by atoms with Crippen LogP contribution in [0.4, 0.5) is 13.2 Å². The molecule has 0 aromatic carbocycles. The number of nitrogens with zero attached hydrogens (tertiary/aromatic N) is 3. The normalized spacial score (nSPS) is 19.0. The van der Waals surface area contributed by atoms with Gasteiger partial charge in [-0.05, 0) is 26.7 Å². The van der Waals surface area contributed by atoms with Crippen LogP contribution in [0.1, 0.15) is 50.8 Å². The summed E-state index contributed by atoms with van der Waals surface area (Å²) in [6.07, 6.45) is -1.90. The van der Waals surface area contributed by atoms with Crippen LogP contribution in [0.2, 0.25) is 0 Å². The zero-order chi connectivity index (χ0) is 14.0. The summed E-state index contributed by atoms with van der Waals surface area (Å²) in [4.78, 5) is 0. The van der Waals surface area contributed by atoms with Gasteiger partial charge in [-0.1, -0.05) is 0 Å². The second kappa shape index (κ2) is 5.48. The Bertz CT molecular complexity index is 427. The maximum absolute atomic E-state index is 12.3. The van der Waals surface area contributed by atoms with Crippen molar-refractivity contribution >= 4 is 0 Å². The molecule has 0 aliphatic carbocycles. The summed E-state index contributed by atoms with van der Waals surface area (Å²) in [5.41, 5.74) is 0. The van der Waals surface area contributed by atoms with Gasteiger partial charge in [0.2, 0.25) is 0 Å². The Kier molecular flexibility index (Phi) is 4.13. The third kappa shape index (κ3) is 3.68. The Morgan fingerprint density at radius 2 is 2.00 bits per heavy atom. The van der Waals surface area contributed by atoms with Gasteiger partial charge in [0, 0.05) is 19.0 Å². The van der Waals surface area contributed by atoms with Crippen LogP contribution in [0.5, 0.6) is 0 Å². The van der Waals surface area contributed by atoms with Crippen molar-refractivity contribution in [2.24, 2.45) is 0 Å². The van der Waals surface area contributed by atoms with Crippen molar-refractivity contribution in [3.05, 3.63) is 11.6 Å². The largest absolute Gasteiger partial charge is 0.390 e. The number of fused-ring (bicyclic) bond motifs is 1. The minimum atomic E-state index is -4.14. The highest BCUT2D eigenvalue weighted by Crippen LogP contribution is 2.23. The number of aryl methyl sites for hydroxylation is 1. The number of alkyl halides is 3. The van der Waals surface area contributed by atoms with E-state index in [4.69, 9.17) is 0 Å². The van der Waals surface area contributed by atoms with Crippen molar-refractivity contribution in [3.8, 4) is 0 Å². The zero-order valence-corrected chi connectivity index (χ0v) is 11.2. The summed E-state index contributed by atoms with van der Waals surface area (Å²) >= 11 is 0. The first-order valence-electron chi connectivity index (χ1n) is 6.61. The lowest BCUT2D eigenvalue weighted by Crippen LogP contribution is -2.34. The lowest BCUT2D eigenvalue weighted by Gasteiger charge is -2.22. The van der Waals surface area contributed by atoms with Gasteiger partial charge >= 0.3 is 6.18 Å². The molecule has 0 spiro atoms. The number of rotatable bonds is 4. The molecule has 7 heteroatoms. The smallest absolute Gasteiger partial charge is 0.314 e. The Labute approximate surface area is 110 Å². The van der Waals surface area contributed by atoms with Crippen LogP contribution in [0.25, 0.3) is 0 Å². The van der Waals surface area contributed by atoms with Gasteiger partial charge in [0.25, 0.3) is 0 Å². The van der Waals surface area contributed by atoms with Crippen molar-refractivity contribution in [1.82, 2.24) is 20.1 Å². The first-order valence-corrected chi connectivity index (χ1v) is 6.61. The predicted octanol–water partition coefficient (Wildman–Crippen LogP) is 2.61. The highest BCUT2D eigenvalue weighted by molar-refractivity contribution is 5.03. The van der Waals surface area contributed by atoms with E-state index in [0.717, 1.165) is 37.5 Å². The van der Waals surface area contributed by atoms with E-state index in [0.29, 0.717) is 0 Å². The quantitative estimate of drug-likeness (QED) is 0.919. The summed E-state index contributed by atoms with van der Waals surface area (Å²) in [5, 5.41) is 11.2. The van der Waals surface area contributed by atoms with E-state index in [9.17, 15) is 13.2 Å². The van der Waals surface area contributed by atoms with Gasteiger partial charge in [-0.2, -0.15) is 13.2 Å². The lowest BCUT2D eigenvalue weighted by molar-refractivity contribution is -0.139. The Balaban J connectivity index is 2.00. The minimum Gasteiger partial charge on any atom is -0.314 e. The molecule has 19 heavy (non-hydrogen) atoms. The fourth-order valence-corrected chi connectivity index (χ4v) is 2.56. The highest BCUT2D eigenvalue weighted by Gasteiger charge is 2.31. The molecule has 0 saturated carbocycles. The molecule has 1 aromatic heterocycles. The minimum absolute atomic E-state index is 0.225. The zero-order valence-electron chi connectivity index (χ0n) is 11.2. The average Bonchev–Trinajstić information content (AvgIpc) is 2.69. The second-order valence-corrected chi connectivity index (χ2v) is 5.19. The molecular formula is C12H19F3N4. The standard InChI is InChI=1S/C12H19F3N4/c1-8(7-12(13,14)15)16-9(2)11-18-17-10-5-3-4-6-19(10)11/h8-9,16H,3-7H2,1-2H3. The maximum atomic E-state index is 12.3. The molecule has 2 atom stereocenters. The van der Waals surface area contributed by atoms with Crippen LogP contribution in [0.15, 0.2) is 0 Å². The third-order valence-corrected chi connectivity index (χ3v) is 3.35. The van der Waals surface area contributed by atoms with Gasteiger partial charge < -0.3 is 9.88 Å². The molecule has 0 bridgehead atoms. The molecule has 0 radical (unpaired) electrons. The van der Waals surface area contributed by atoms with E-state index >= 15 is 0 Å². The summed E-state index contributed by atoms with van der Waals surface area (Å²) in [7, 11) is 0. The van der Waals surface area contributed by atoms with Gasteiger partial charge in [0.15, 0.2) is 0 Å². The topological polar surface area (TPSA) is 42.7 Å². The molecule has 1 aliphatic rings. The number of aromatic nitrogens is 3. The van der Waals surface area contributed by atoms with Crippen molar-refractivity contribution in [2.45, 2.75) is 64.3 Å². The third-order valence-electron chi connectivity index (χ3n) is 3.35. The molecule has 1 aliphatic heterocycles. The molecule has 0 fully saturated rings. The van der Waals surface area contributed by atoms with Crippen molar-refractivity contribution in [1.29, 1.82) is 0 Å². The molecule has 0 saturated heterocycles. The van der Waals surface area contributed by atoms with E-state index < -0.39 is 18.6 Å². The molecule has 2 rings (SSSR count). The van der Waals surface area contributed by atoms with E-state index in [1.54, 1.807) is 0 Å². The Morgan fingerprint density at radius 1 is 1.26 bits per heavy atom. The SMILES string of the molecule is CC(CC(F)(F)F)NC(C)c1nnc2n1CCCC2. The summed E-state index contributed by atoms with van der Waals surface area (Å²) < 4.78 is 38.9. The van der Waals surface area contributed by atoms with Gasteiger partial charge in [-0.25, -0.2) is 0 Å². The number of nitrogens with one attached hydrogen (secondary N) is 1. The van der Waals surface area contributed by atoms with Gasteiger partial charge in [-0.3, -0.25) is 0 Å². The Morgan fingerprint density at radius 3 is 2.68 bits per heavy atom. The van der Waals surface area contributed by atoms with Crippen LogP contribution in [0, 0.1) is 0 Å². The van der Waals surface area contributed by atoms with E-state index in [2.05, 4.69) is 15.5 Å². The van der Waals surface area contributed by atoms with E-state index in [1.165, 1.54) is 6.92 Å². The van der Waals surface area contributed by atoms with E-state index in [-0.39, 0.29) is 6.04 Å². The molecule has 108 valence electrons. The Hall–Kier alpha value is -1.11. The van der Waals surface area contributed by atoms with E-state index in [1.807, 2.05) is 11.5 Å². The lowest BCUT2D eigenvalue weighted by atomic mass is 10.1. The predicted molar refractivity (Wildman–Crippen MR) is 64.6 cm³/mol. The van der Waals surface area contributed by atoms with Crippen LogP contribution in [-0.4, -0.2) is 27.0 Å². The molecule has 1 aromatic rings. The van der Waals surface area contributed by atoms with Crippen LogP contribution in [-0.2, 0) is 13.0 Å². The van der Waals surface area contributed by atoms with Crippen molar-refractivity contribution in [2.75, 3.05) is 0 Å². The summed E-state index contributed by atoms with van der Waals surface area (Å²) in [6, 6.07) is -0.858. The maximum Gasteiger partial charge on any atom is 0.390 e. The molecule has 4 nitrogen and oxygen atoms in total. The number of halogens is 3. The van der Waals surface area contributed by atoms with Gasteiger partial charge in [0.1, 0.15) is 11.6 Å². The number of hydrogen-bond donors (Lipinski definition) is 1. The first-order chi connectivity index (χ1) is 8.87. The fourth-order valence-electron chi connectivity index (χ4n) is 2.56. The molecule has 0 amide bonds. The number of hydrogen-bond acceptors (Lipinski definition) is 3. The molecule has 1 N–H and O–H groups in total. The molecule has 2 heterocycles. The summed E-state index contributed by atoms with van der Waals surface area (Å²) in [6.45, 7) is 4.23. The molecular weight excluding hydrogens is 257 g/mol. The van der Waals surface area contributed by atoms with Crippen LogP contribution in [0.3, 0.4) is 0 Å². The van der Waals surface area contributed by atoms with Crippen LogP contribution >= 0.6 is 0 Å². The van der Waals surface area contributed by atoms with Crippen LogP contribution < -0.4 is 5.32 Å². The first kappa shape index (κ1) is 14.3. The average molecular weight is 276 g/mol. The summed E-state index contributed by atoms with van der Waals surface area (Å²) in [5.74, 6) is 1.68. The highest BCUT2D eigenvalue weighted by atomic mass is 19.4.